The first-order valence-corrected chi connectivity index (χ1v) is 6.37. The van der Waals surface area contributed by atoms with Crippen LogP contribution in [-0.2, 0) is 9.59 Å². The first-order valence-electron chi connectivity index (χ1n) is 5.99. The first-order chi connectivity index (χ1) is 8.97. The lowest BCUT2D eigenvalue weighted by atomic mass is 10.1. The van der Waals surface area contributed by atoms with E-state index in [0.717, 1.165) is 5.69 Å². The molecule has 1 aromatic rings. The molecule has 0 radical (unpaired) electrons. The standard InChI is InChI=1S/C13H15ClN2O3/c1-9-6-16(11-4-2-10(14)3-5-11)12(17)7-15(9)8-13(18)19/h2-5,9H,6-8H2,1H3,(H,18,19)/t9-/m0/s1. The van der Waals surface area contributed by atoms with E-state index in [2.05, 4.69) is 0 Å². The summed E-state index contributed by atoms with van der Waals surface area (Å²) in [6, 6.07) is 7.06. The summed E-state index contributed by atoms with van der Waals surface area (Å²) in [5.74, 6) is -1.01. The van der Waals surface area contributed by atoms with Crippen LogP contribution < -0.4 is 4.90 Å². The van der Waals surface area contributed by atoms with Gasteiger partial charge >= 0.3 is 5.97 Å². The Morgan fingerprint density at radius 2 is 2.05 bits per heavy atom. The Hall–Kier alpha value is -1.59. The molecule has 2 rings (SSSR count). The molecule has 0 aromatic heterocycles. The molecule has 0 aliphatic carbocycles. The minimum absolute atomic E-state index is 0.00415. The minimum Gasteiger partial charge on any atom is -0.480 e. The summed E-state index contributed by atoms with van der Waals surface area (Å²) >= 11 is 5.82. The van der Waals surface area contributed by atoms with Crippen molar-refractivity contribution in [3.05, 3.63) is 29.3 Å². The molecule has 0 saturated carbocycles. The van der Waals surface area contributed by atoms with E-state index < -0.39 is 5.97 Å². The van der Waals surface area contributed by atoms with Crippen molar-refractivity contribution in [1.82, 2.24) is 4.90 Å². The van der Waals surface area contributed by atoms with Crippen molar-refractivity contribution in [1.29, 1.82) is 0 Å². The van der Waals surface area contributed by atoms with E-state index >= 15 is 0 Å². The maximum absolute atomic E-state index is 12.1. The number of aliphatic carboxylic acids is 1. The molecule has 1 amide bonds. The molecule has 1 atom stereocenters. The SMILES string of the molecule is C[C@H]1CN(c2ccc(Cl)cc2)C(=O)CN1CC(=O)O. The fourth-order valence-corrected chi connectivity index (χ4v) is 2.28. The van der Waals surface area contributed by atoms with Crippen LogP contribution in [0.25, 0.3) is 0 Å². The minimum atomic E-state index is -0.917. The van der Waals surface area contributed by atoms with Gasteiger partial charge < -0.3 is 10.0 Å². The summed E-state index contributed by atoms with van der Waals surface area (Å²) in [6.45, 7) is 2.41. The third-order valence-corrected chi connectivity index (χ3v) is 3.44. The quantitative estimate of drug-likeness (QED) is 0.912. The highest BCUT2D eigenvalue weighted by Gasteiger charge is 2.31. The zero-order valence-electron chi connectivity index (χ0n) is 10.5. The molecule has 0 bridgehead atoms. The van der Waals surface area contributed by atoms with Crippen LogP contribution in [0.3, 0.4) is 0 Å². The highest BCUT2D eigenvalue weighted by atomic mass is 35.5. The summed E-state index contributed by atoms with van der Waals surface area (Å²) < 4.78 is 0. The van der Waals surface area contributed by atoms with Gasteiger partial charge in [-0.15, -0.1) is 0 Å². The molecule has 19 heavy (non-hydrogen) atoms. The second-order valence-corrected chi connectivity index (χ2v) is 5.06. The molecule has 6 heteroatoms. The number of carbonyl (C=O) groups is 2. The fraction of sp³-hybridized carbons (Fsp3) is 0.385. The summed E-state index contributed by atoms with van der Waals surface area (Å²) in [6.07, 6.45) is 0. The van der Waals surface area contributed by atoms with Crippen molar-refractivity contribution < 1.29 is 14.7 Å². The van der Waals surface area contributed by atoms with E-state index in [4.69, 9.17) is 16.7 Å². The van der Waals surface area contributed by atoms with Crippen LogP contribution in [0.1, 0.15) is 6.92 Å². The Labute approximate surface area is 116 Å². The molecule has 1 N–H and O–H groups in total. The van der Waals surface area contributed by atoms with Gasteiger partial charge in [-0.2, -0.15) is 0 Å². The average molecular weight is 283 g/mol. The smallest absolute Gasteiger partial charge is 0.317 e. The van der Waals surface area contributed by atoms with E-state index in [1.54, 1.807) is 34.1 Å². The first kappa shape index (κ1) is 13.8. The van der Waals surface area contributed by atoms with Crippen LogP contribution in [0.5, 0.6) is 0 Å². The van der Waals surface area contributed by atoms with E-state index in [9.17, 15) is 9.59 Å². The molecule has 1 aliphatic rings. The van der Waals surface area contributed by atoms with Gasteiger partial charge in [-0.25, -0.2) is 0 Å². The molecule has 0 spiro atoms. The van der Waals surface area contributed by atoms with E-state index in [1.165, 1.54) is 0 Å². The number of rotatable bonds is 3. The van der Waals surface area contributed by atoms with Crippen LogP contribution in [0.4, 0.5) is 5.69 Å². The molecule has 1 fully saturated rings. The number of amides is 1. The lowest BCUT2D eigenvalue weighted by Crippen LogP contribution is -2.56. The van der Waals surface area contributed by atoms with Crippen LogP contribution in [0.2, 0.25) is 5.02 Å². The summed E-state index contributed by atoms with van der Waals surface area (Å²) in [5, 5.41) is 9.42. The summed E-state index contributed by atoms with van der Waals surface area (Å²) in [5.41, 5.74) is 0.788. The topological polar surface area (TPSA) is 60.9 Å². The van der Waals surface area contributed by atoms with Gasteiger partial charge in [0.15, 0.2) is 0 Å². The highest BCUT2D eigenvalue weighted by Crippen LogP contribution is 2.22. The number of anilines is 1. The fourth-order valence-electron chi connectivity index (χ4n) is 2.15. The zero-order valence-corrected chi connectivity index (χ0v) is 11.3. The number of hydrogen-bond acceptors (Lipinski definition) is 3. The van der Waals surface area contributed by atoms with E-state index in [-0.39, 0.29) is 25.0 Å². The maximum atomic E-state index is 12.1. The second kappa shape index (κ2) is 5.59. The molecule has 1 heterocycles. The largest absolute Gasteiger partial charge is 0.480 e. The third kappa shape index (κ3) is 3.24. The number of carbonyl (C=O) groups excluding carboxylic acids is 1. The van der Waals surface area contributed by atoms with Crippen molar-refractivity contribution in [3.8, 4) is 0 Å². The monoisotopic (exact) mass is 282 g/mol. The van der Waals surface area contributed by atoms with Gasteiger partial charge in [-0.1, -0.05) is 11.6 Å². The molecule has 5 nitrogen and oxygen atoms in total. The van der Waals surface area contributed by atoms with Gasteiger partial charge in [-0.3, -0.25) is 14.5 Å². The second-order valence-electron chi connectivity index (χ2n) is 4.63. The van der Waals surface area contributed by atoms with Crippen LogP contribution in [-0.4, -0.2) is 47.6 Å². The predicted octanol–water partition coefficient (Wildman–Crippen LogP) is 1.46. The molecular weight excluding hydrogens is 268 g/mol. The number of carboxylic acids is 1. The average Bonchev–Trinajstić information content (AvgIpc) is 2.34. The van der Waals surface area contributed by atoms with E-state index in [0.29, 0.717) is 11.6 Å². The molecule has 0 unspecified atom stereocenters. The van der Waals surface area contributed by atoms with Crippen molar-refractivity contribution in [2.24, 2.45) is 0 Å². The van der Waals surface area contributed by atoms with Gasteiger partial charge in [0.25, 0.3) is 0 Å². The van der Waals surface area contributed by atoms with Crippen molar-refractivity contribution >= 4 is 29.2 Å². The molecule has 1 aliphatic heterocycles. The van der Waals surface area contributed by atoms with E-state index in [1.807, 2.05) is 6.92 Å². The van der Waals surface area contributed by atoms with Gasteiger partial charge in [0.05, 0.1) is 13.1 Å². The zero-order chi connectivity index (χ0) is 14.0. The Balaban J connectivity index is 2.12. The van der Waals surface area contributed by atoms with Crippen molar-refractivity contribution in [2.45, 2.75) is 13.0 Å². The lowest BCUT2D eigenvalue weighted by molar-refractivity contribution is -0.139. The number of nitrogens with zero attached hydrogens (tertiary/aromatic N) is 2. The maximum Gasteiger partial charge on any atom is 0.317 e. The number of carboxylic acid groups (broad SMARTS) is 1. The Kier molecular flexibility index (Phi) is 4.07. The molecule has 102 valence electrons. The molecule has 1 aromatic carbocycles. The lowest BCUT2D eigenvalue weighted by Gasteiger charge is -2.38. The normalized spacial score (nSPS) is 20.6. The van der Waals surface area contributed by atoms with Gasteiger partial charge in [0.2, 0.25) is 5.91 Å². The van der Waals surface area contributed by atoms with Crippen LogP contribution >= 0.6 is 11.6 Å². The van der Waals surface area contributed by atoms with Gasteiger partial charge in [-0.05, 0) is 31.2 Å². The van der Waals surface area contributed by atoms with Crippen LogP contribution in [0, 0.1) is 0 Å². The summed E-state index contributed by atoms with van der Waals surface area (Å²) in [4.78, 5) is 26.1. The Morgan fingerprint density at radius 3 is 2.63 bits per heavy atom. The molecular formula is C13H15ClN2O3. The summed E-state index contributed by atoms with van der Waals surface area (Å²) in [7, 11) is 0. The number of piperazine rings is 1. The molecule has 1 saturated heterocycles. The highest BCUT2D eigenvalue weighted by molar-refractivity contribution is 6.30. The van der Waals surface area contributed by atoms with Crippen molar-refractivity contribution in [2.75, 3.05) is 24.5 Å². The van der Waals surface area contributed by atoms with Gasteiger partial charge in [0, 0.05) is 23.3 Å². The van der Waals surface area contributed by atoms with Crippen molar-refractivity contribution in [3.63, 3.8) is 0 Å². The van der Waals surface area contributed by atoms with Crippen LogP contribution in [0.15, 0.2) is 24.3 Å². The number of hydrogen-bond donors (Lipinski definition) is 1. The Bertz CT molecular complexity index is 489. The van der Waals surface area contributed by atoms with Gasteiger partial charge in [0.1, 0.15) is 0 Å². The number of halogens is 1. The predicted molar refractivity (Wildman–Crippen MR) is 72.5 cm³/mol. The number of benzene rings is 1. The third-order valence-electron chi connectivity index (χ3n) is 3.19. The Morgan fingerprint density at radius 1 is 1.42 bits per heavy atom.